The number of rotatable bonds is 8. The number of aliphatic hydroxyl groups is 1. The summed E-state index contributed by atoms with van der Waals surface area (Å²) in [5.74, 6) is 0.605. The third kappa shape index (κ3) is 5.97. The number of amides is 1. The van der Waals surface area contributed by atoms with Gasteiger partial charge in [-0.25, -0.2) is 17.9 Å². The van der Waals surface area contributed by atoms with Crippen LogP contribution in [0.1, 0.15) is 60.4 Å². The highest BCUT2D eigenvalue weighted by Gasteiger charge is 2.40. The molecular formula is C34H34FN3O5S. The van der Waals surface area contributed by atoms with Gasteiger partial charge in [-0.05, 0) is 85.8 Å². The van der Waals surface area contributed by atoms with E-state index in [2.05, 4.69) is 5.32 Å². The Morgan fingerprint density at radius 1 is 1.02 bits per heavy atom. The summed E-state index contributed by atoms with van der Waals surface area (Å²) < 4.78 is 40.0. The molecule has 0 aliphatic carbocycles. The van der Waals surface area contributed by atoms with Crippen LogP contribution in [0.5, 0.6) is 11.5 Å². The van der Waals surface area contributed by atoms with Crippen LogP contribution in [0.4, 0.5) is 4.39 Å². The molecule has 8 nitrogen and oxygen atoms in total. The van der Waals surface area contributed by atoms with E-state index >= 15 is 0 Å². The molecule has 228 valence electrons. The molecule has 0 saturated carbocycles. The maximum Gasteiger partial charge on any atom is 0.270 e. The maximum absolute atomic E-state index is 14.1. The normalized spacial score (nSPS) is 16.5. The number of carbonyl (C=O) groups excluding carboxylic acids is 1. The van der Waals surface area contributed by atoms with Gasteiger partial charge in [-0.15, -0.1) is 0 Å². The summed E-state index contributed by atoms with van der Waals surface area (Å²) in [6.07, 6.45) is 0.350. The molecule has 3 aromatic carbocycles. The van der Waals surface area contributed by atoms with Gasteiger partial charge < -0.3 is 19.9 Å². The van der Waals surface area contributed by atoms with Crippen LogP contribution in [0.15, 0.2) is 72.8 Å². The number of ether oxygens (including phenoxy) is 2. The summed E-state index contributed by atoms with van der Waals surface area (Å²) in [5.41, 5.74) is 5.55. The van der Waals surface area contributed by atoms with Gasteiger partial charge in [0.25, 0.3) is 5.91 Å². The summed E-state index contributed by atoms with van der Waals surface area (Å²) in [6.45, 7) is 6.40. The highest BCUT2D eigenvalue weighted by Crippen LogP contribution is 2.44. The molecule has 6 rings (SSSR count). The molecule has 2 N–H and O–H groups in total. The standard InChI is InChI=1S/C34H34FN3O5S/c1-34(2,3)44(41)38-19-25-17-27(33(40)36-18-21-10-11-29-30(14-21)43-20-42-29)37-32(31(25)28(38)12-13-39)24-8-4-6-22(15-24)23-7-5-9-26(35)16-23/h4-11,14-17,28,39H,12-13,18-20H2,1-3H3,(H,36,40)/t28-,44-/m0/s1. The number of nitrogens with one attached hydrogen (secondary N) is 1. The summed E-state index contributed by atoms with van der Waals surface area (Å²) in [5, 5.41) is 13.0. The minimum atomic E-state index is -1.39. The number of aromatic nitrogens is 1. The number of pyridine rings is 1. The van der Waals surface area contributed by atoms with Crippen molar-refractivity contribution < 1.29 is 28.0 Å². The van der Waals surface area contributed by atoms with Gasteiger partial charge in [-0.2, -0.15) is 0 Å². The quantitative estimate of drug-likeness (QED) is 0.256. The lowest BCUT2D eigenvalue weighted by atomic mass is 9.94. The van der Waals surface area contributed by atoms with Gasteiger partial charge in [0.05, 0.1) is 16.5 Å². The number of hydrogen-bond donors (Lipinski definition) is 2. The molecule has 0 saturated heterocycles. The van der Waals surface area contributed by atoms with Crippen molar-refractivity contribution in [3.63, 3.8) is 0 Å². The summed E-state index contributed by atoms with van der Waals surface area (Å²) in [7, 11) is -1.39. The Hall–Kier alpha value is -4.12. The molecule has 3 heterocycles. The van der Waals surface area contributed by atoms with Crippen molar-refractivity contribution in [2.75, 3.05) is 13.4 Å². The van der Waals surface area contributed by atoms with Crippen molar-refractivity contribution >= 4 is 16.9 Å². The van der Waals surface area contributed by atoms with Crippen LogP contribution >= 0.6 is 0 Å². The first-order valence-corrected chi connectivity index (χ1v) is 15.6. The van der Waals surface area contributed by atoms with Crippen LogP contribution in [0.25, 0.3) is 22.4 Å². The zero-order chi connectivity index (χ0) is 31.0. The average Bonchev–Trinajstić information content (AvgIpc) is 3.63. The van der Waals surface area contributed by atoms with Crippen LogP contribution < -0.4 is 14.8 Å². The SMILES string of the molecule is CC(C)(C)[S@](=O)N1Cc2cc(C(=O)NCc3ccc4c(c3)OCO4)nc(-c3cccc(-c4cccc(F)c4)c3)c2[C@@H]1CCO. The van der Waals surface area contributed by atoms with E-state index in [0.717, 1.165) is 27.8 Å². The highest BCUT2D eigenvalue weighted by molar-refractivity contribution is 7.84. The third-order valence-electron chi connectivity index (χ3n) is 7.71. The second kappa shape index (κ2) is 12.1. The lowest BCUT2D eigenvalue weighted by molar-refractivity contribution is 0.0945. The molecule has 0 unspecified atom stereocenters. The van der Waals surface area contributed by atoms with E-state index in [1.807, 2.05) is 73.6 Å². The number of halogens is 1. The first kappa shape index (κ1) is 29.9. The number of aliphatic hydroxyl groups excluding tert-OH is 1. The maximum atomic E-state index is 14.1. The molecule has 10 heteroatoms. The minimum Gasteiger partial charge on any atom is -0.454 e. The van der Waals surface area contributed by atoms with E-state index in [1.165, 1.54) is 12.1 Å². The molecule has 1 aromatic heterocycles. The summed E-state index contributed by atoms with van der Waals surface area (Å²) in [6, 6.07) is 20.9. The molecular weight excluding hydrogens is 581 g/mol. The largest absolute Gasteiger partial charge is 0.454 e. The molecule has 0 spiro atoms. The van der Waals surface area contributed by atoms with E-state index in [1.54, 1.807) is 12.1 Å². The van der Waals surface area contributed by atoms with Gasteiger partial charge in [0.2, 0.25) is 6.79 Å². The number of nitrogens with zero attached hydrogens (tertiary/aromatic N) is 2. The van der Waals surface area contributed by atoms with Crippen molar-refractivity contribution in [2.24, 2.45) is 0 Å². The molecule has 4 aromatic rings. The van der Waals surface area contributed by atoms with Gasteiger partial charge >= 0.3 is 0 Å². The van der Waals surface area contributed by atoms with Crippen LogP contribution in [0.3, 0.4) is 0 Å². The Morgan fingerprint density at radius 2 is 1.75 bits per heavy atom. The van der Waals surface area contributed by atoms with Gasteiger partial charge in [-0.3, -0.25) is 4.79 Å². The highest BCUT2D eigenvalue weighted by atomic mass is 32.2. The fourth-order valence-corrected chi connectivity index (χ4v) is 7.05. The fourth-order valence-electron chi connectivity index (χ4n) is 5.64. The molecule has 2 aliphatic heterocycles. The topological polar surface area (TPSA) is 101 Å². The summed E-state index contributed by atoms with van der Waals surface area (Å²) in [4.78, 5) is 18.4. The van der Waals surface area contributed by atoms with Crippen molar-refractivity contribution in [3.8, 4) is 33.9 Å². The van der Waals surface area contributed by atoms with Gasteiger partial charge in [0.1, 0.15) is 22.5 Å². The monoisotopic (exact) mass is 615 g/mol. The van der Waals surface area contributed by atoms with Gasteiger partial charge in [0.15, 0.2) is 11.5 Å². The van der Waals surface area contributed by atoms with E-state index in [-0.39, 0.29) is 43.4 Å². The van der Waals surface area contributed by atoms with Crippen molar-refractivity contribution in [1.29, 1.82) is 0 Å². The smallest absolute Gasteiger partial charge is 0.270 e. The zero-order valence-corrected chi connectivity index (χ0v) is 25.6. The third-order valence-corrected chi connectivity index (χ3v) is 9.56. The Bertz CT molecular complexity index is 1760. The Kier molecular flexibility index (Phi) is 8.24. The Morgan fingerprint density at radius 3 is 2.50 bits per heavy atom. The van der Waals surface area contributed by atoms with E-state index < -0.39 is 15.7 Å². The predicted octanol–water partition coefficient (Wildman–Crippen LogP) is 5.91. The lowest BCUT2D eigenvalue weighted by Gasteiger charge is -2.30. The second-order valence-corrected chi connectivity index (χ2v) is 14.0. The van der Waals surface area contributed by atoms with Crippen LogP contribution in [0.2, 0.25) is 0 Å². The molecule has 1 amide bonds. The van der Waals surface area contributed by atoms with Crippen molar-refractivity contribution in [1.82, 2.24) is 14.6 Å². The molecule has 0 fully saturated rings. The van der Waals surface area contributed by atoms with Crippen molar-refractivity contribution in [2.45, 2.75) is 51.1 Å². The fraction of sp³-hybridized carbons (Fsp3) is 0.294. The Labute approximate surface area is 258 Å². The predicted molar refractivity (Wildman–Crippen MR) is 167 cm³/mol. The zero-order valence-electron chi connectivity index (χ0n) is 24.8. The van der Waals surface area contributed by atoms with Crippen LogP contribution in [-0.4, -0.2) is 42.7 Å². The first-order valence-electron chi connectivity index (χ1n) is 14.5. The van der Waals surface area contributed by atoms with E-state index in [9.17, 15) is 18.5 Å². The first-order chi connectivity index (χ1) is 21.1. The number of carbonyl (C=O) groups is 1. The van der Waals surface area contributed by atoms with Gasteiger partial charge in [-0.1, -0.05) is 36.4 Å². The number of benzene rings is 3. The molecule has 2 atom stereocenters. The summed E-state index contributed by atoms with van der Waals surface area (Å²) >= 11 is 0. The van der Waals surface area contributed by atoms with Crippen LogP contribution in [0, 0.1) is 5.82 Å². The molecule has 44 heavy (non-hydrogen) atoms. The molecule has 0 radical (unpaired) electrons. The Balaban J connectivity index is 1.41. The van der Waals surface area contributed by atoms with E-state index in [4.69, 9.17) is 14.5 Å². The molecule has 0 bridgehead atoms. The number of fused-ring (bicyclic) bond motifs is 2. The average molecular weight is 616 g/mol. The van der Waals surface area contributed by atoms with E-state index in [0.29, 0.717) is 35.7 Å². The van der Waals surface area contributed by atoms with Gasteiger partial charge in [0, 0.05) is 30.8 Å². The minimum absolute atomic E-state index is 0.109. The van der Waals surface area contributed by atoms with Crippen LogP contribution in [-0.2, 0) is 24.1 Å². The second-order valence-electron chi connectivity index (χ2n) is 11.9. The lowest BCUT2D eigenvalue weighted by Crippen LogP contribution is -2.36. The van der Waals surface area contributed by atoms with Crippen molar-refractivity contribution in [3.05, 3.63) is 101 Å². The number of hydrogen-bond acceptors (Lipinski definition) is 6. The molecule has 2 aliphatic rings.